The number of amides is 2. The minimum Gasteiger partial charge on any atom is -0.478 e. The zero-order valence-electron chi connectivity index (χ0n) is 14.3. The smallest absolute Gasteiger partial charge is 0.266 e. The number of pyridine rings is 1. The molecule has 4 rings (SSSR count). The van der Waals surface area contributed by atoms with Crippen LogP contribution in [0.1, 0.15) is 6.42 Å². The first-order valence-corrected chi connectivity index (χ1v) is 8.71. The van der Waals surface area contributed by atoms with Gasteiger partial charge in [0.2, 0.25) is 5.91 Å². The lowest BCUT2D eigenvalue weighted by atomic mass is 10.1. The molecule has 1 unspecified atom stereocenters. The van der Waals surface area contributed by atoms with Gasteiger partial charge in [0.1, 0.15) is 11.6 Å². The van der Waals surface area contributed by atoms with Gasteiger partial charge in [-0.05, 0) is 24.3 Å². The first-order valence-electron chi connectivity index (χ1n) is 8.71. The summed E-state index contributed by atoms with van der Waals surface area (Å²) in [5.41, 5.74) is 0.644. The molecule has 2 aliphatic heterocycles. The van der Waals surface area contributed by atoms with Crippen molar-refractivity contribution >= 4 is 23.3 Å². The number of para-hydroxylation sites is 2. The van der Waals surface area contributed by atoms with Gasteiger partial charge in [0.15, 0.2) is 6.10 Å². The van der Waals surface area contributed by atoms with Gasteiger partial charge in [-0.25, -0.2) is 4.98 Å². The Hall–Kier alpha value is -3.09. The van der Waals surface area contributed by atoms with Gasteiger partial charge in [0, 0.05) is 32.4 Å². The van der Waals surface area contributed by atoms with Crippen molar-refractivity contribution in [1.82, 2.24) is 9.88 Å². The number of rotatable bonds is 3. The number of nitrogens with one attached hydrogen (secondary N) is 1. The van der Waals surface area contributed by atoms with Crippen molar-refractivity contribution < 1.29 is 14.3 Å². The second-order valence-electron chi connectivity index (χ2n) is 6.35. The van der Waals surface area contributed by atoms with E-state index in [0.29, 0.717) is 24.5 Å². The monoisotopic (exact) mass is 352 g/mol. The van der Waals surface area contributed by atoms with E-state index >= 15 is 0 Å². The first-order chi connectivity index (χ1) is 12.7. The minimum atomic E-state index is -0.786. The number of aromatic nitrogens is 1. The summed E-state index contributed by atoms with van der Waals surface area (Å²) < 4.78 is 5.72. The summed E-state index contributed by atoms with van der Waals surface area (Å²) >= 11 is 0. The maximum Gasteiger partial charge on any atom is 0.266 e. The van der Waals surface area contributed by atoms with Gasteiger partial charge < -0.3 is 19.9 Å². The molecule has 2 aliphatic rings. The average molecular weight is 352 g/mol. The van der Waals surface area contributed by atoms with E-state index in [1.165, 1.54) is 0 Å². The third kappa shape index (κ3) is 3.33. The van der Waals surface area contributed by atoms with Crippen LogP contribution in [-0.2, 0) is 9.59 Å². The number of anilines is 2. The maximum atomic E-state index is 12.6. The van der Waals surface area contributed by atoms with Crippen molar-refractivity contribution in [2.24, 2.45) is 0 Å². The molecule has 7 nitrogen and oxygen atoms in total. The van der Waals surface area contributed by atoms with Crippen LogP contribution in [0.25, 0.3) is 0 Å². The Morgan fingerprint density at radius 3 is 2.65 bits per heavy atom. The van der Waals surface area contributed by atoms with Crippen LogP contribution in [0.15, 0.2) is 48.7 Å². The van der Waals surface area contributed by atoms with Crippen LogP contribution < -0.4 is 15.0 Å². The van der Waals surface area contributed by atoms with Crippen LogP contribution in [-0.4, -0.2) is 54.0 Å². The summed E-state index contributed by atoms with van der Waals surface area (Å²) in [5, 5.41) is 2.80. The predicted octanol–water partition coefficient (Wildman–Crippen LogP) is 1.52. The van der Waals surface area contributed by atoms with E-state index in [4.69, 9.17) is 4.74 Å². The number of hydrogen-bond donors (Lipinski definition) is 1. The highest BCUT2D eigenvalue weighted by atomic mass is 16.5. The molecule has 1 aromatic carbocycles. The van der Waals surface area contributed by atoms with Crippen LogP contribution in [0.4, 0.5) is 11.5 Å². The molecule has 0 spiro atoms. The Bertz CT molecular complexity index is 803. The van der Waals surface area contributed by atoms with E-state index in [2.05, 4.69) is 15.2 Å². The Morgan fingerprint density at radius 1 is 1.12 bits per heavy atom. The minimum absolute atomic E-state index is 0.0454. The zero-order valence-corrected chi connectivity index (χ0v) is 14.3. The standard InChI is InChI=1S/C19H20N4O3/c24-18(13-16-19(25)21-14-5-1-2-6-15(14)26-16)23-11-9-22(10-12-23)17-7-3-4-8-20-17/h1-8,16H,9-13H2,(H,21,25). The number of carbonyl (C=O) groups excluding carboxylic acids is 2. The first kappa shape index (κ1) is 16.4. The van der Waals surface area contributed by atoms with Crippen molar-refractivity contribution in [2.75, 3.05) is 36.4 Å². The fourth-order valence-electron chi connectivity index (χ4n) is 3.24. The summed E-state index contributed by atoms with van der Waals surface area (Å²) in [6.07, 6.45) is 1.03. The number of piperazine rings is 1. The SMILES string of the molecule is O=C1Nc2ccccc2OC1CC(=O)N1CCN(c2ccccn2)CC1. The summed E-state index contributed by atoms with van der Waals surface area (Å²) in [5.74, 6) is 1.19. The van der Waals surface area contributed by atoms with Crippen LogP contribution in [0.3, 0.4) is 0 Å². The highest BCUT2D eigenvalue weighted by Gasteiger charge is 2.32. The van der Waals surface area contributed by atoms with Gasteiger partial charge in [-0.1, -0.05) is 18.2 Å². The van der Waals surface area contributed by atoms with Gasteiger partial charge in [-0.3, -0.25) is 9.59 Å². The fraction of sp³-hybridized carbons (Fsp3) is 0.316. The summed E-state index contributed by atoms with van der Waals surface area (Å²) in [7, 11) is 0. The Balaban J connectivity index is 1.34. The topological polar surface area (TPSA) is 74.8 Å². The van der Waals surface area contributed by atoms with Gasteiger partial charge in [0.25, 0.3) is 5.91 Å². The second-order valence-corrected chi connectivity index (χ2v) is 6.35. The van der Waals surface area contributed by atoms with Gasteiger partial charge >= 0.3 is 0 Å². The summed E-state index contributed by atoms with van der Waals surface area (Å²) in [6, 6.07) is 13.0. The highest BCUT2D eigenvalue weighted by Crippen LogP contribution is 2.29. The number of hydrogen-bond acceptors (Lipinski definition) is 5. The van der Waals surface area contributed by atoms with Crippen molar-refractivity contribution in [1.29, 1.82) is 0 Å². The number of fused-ring (bicyclic) bond motifs is 1. The molecular weight excluding hydrogens is 332 g/mol. The molecule has 3 heterocycles. The second kappa shape index (κ2) is 7.03. The van der Waals surface area contributed by atoms with E-state index in [0.717, 1.165) is 18.9 Å². The molecule has 2 amide bonds. The zero-order chi connectivity index (χ0) is 17.9. The van der Waals surface area contributed by atoms with Gasteiger partial charge in [-0.2, -0.15) is 0 Å². The number of benzene rings is 1. The van der Waals surface area contributed by atoms with E-state index in [-0.39, 0.29) is 18.2 Å². The Kier molecular flexibility index (Phi) is 4.43. The lowest BCUT2D eigenvalue weighted by Crippen LogP contribution is -2.50. The van der Waals surface area contributed by atoms with Gasteiger partial charge in [-0.15, -0.1) is 0 Å². The van der Waals surface area contributed by atoms with Crippen LogP contribution in [0, 0.1) is 0 Å². The molecule has 7 heteroatoms. The molecule has 2 aromatic rings. The molecule has 26 heavy (non-hydrogen) atoms. The van der Waals surface area contributed by atoms with Gasteiger partial charge in [0.05, 0.1) is 12.1 Å². The molecule has 0 radical (unpaired) electrons. The van der Waals surface area contributed by atoms with Crippen molar-refractivity contribution in [3.63, 3.8) is 0 Å². The van der Waals surface area contributed by atoms with Crippen LogP contribution >= 0.6 is 0 Å². The third-order valence-electron chi connectivity index (χ3n) is 4.67. The Morgan fingerprint density at radius 2 is 1.88 bits per heavy atom. The molecule has 1 N–H and O–H groups in total. The average Bonchev–Trinajstić information content (AvgIpc) is 2.69. The number of carbonyl (C=O) groups is 2. The maximum absolute atomic E-state index is 12.6. The molecule has 0 bridgehead atoms. The molecule has 1 saturated heterocycles. The van der Waals surface area contributed by atoms with Crippen molar-refractivity contribution in [3.8, 4) is 5.75 Å². The lowest BCUT2D eigenvalue weighted by molar-refractivity contribution is -0.137. The summed E-state index contributed by atoms with van der Waals surface area (Å²) in [4.78, 5) is 33.1. The number of ether oxygens (including phenoxy) is 1. The highest BCUT2D eigenvalue weighted by molar-refractivity contribution is 5.99. The van der Waals surface area contributed by atoms with E-state index < -0.39 is 6.10 Å². The van der Waals surface area contributed by atoms with E-state index in [1.807, 2.05) is 30.3 Å². The summed E-state index contributed by atoms with van der Waals surface area (Å²) in [6.45, 7) is 2.67. The quantitative estimate of drug-likeness (QED) is 0.907. The molecule has 1 atom stereocenters. The normalized spacial score (nSPS) is 19.4. The van der Waals surface area contributed by atoms with Crippen molar-refractivity contribution in [3.05, 3.63) is 48.7 Å². The molecule has 0 saturated carbocycles. The fourth-order valence-corrected chi connectivity index (χ4v) is 3.24. The van der Waals surface area contributed by atoms with E-state index in [1.54, 1.807) is 23.2 Å². The predicted molar refractivity (Wildman–Crippen MR) is 97.1 cm³/mol. The molecular formula is C19H20N4O3. The van der Waals surface area contributed by atoms with Crippen LogP contribution in [0.5, 0.6) is 5.75 Å². The van der Waals surface area contributed by atoms with E-state index in [9.17, 15) is 9.59 Å². The van der Waals surface area contributed by atoms with Crippen LogP contribution in [0.2, 0.25) is 0 Å². The molecule has 134 valence electrons. The largest absolute Gasteiger partial charge is 0.478 e. The lowest BCUT2D eigenvalue weighted by Gasteiger charge is -2.36. The Labute approximate surface area is 151 Å². The third-order valence-corrected chi connectivity index (χ3v) is 4.67. The molecule has 0 aliphatic carbocycles. The molecule has 1 fully saturated rings. The molecule has 1 aromatic heterocycles. The number of nitrogens with zero attached hydrogens (tertiary/aromatic N) is 3. The van der Waals surface area contributed by atoms with Crippen molar-refractivity contribution in [2.45, 2.75) is 12.5 Å².